The Morgan fingerprint density at radius 3 is 1.67 bits per heavy atom. The number of ether oxygens (including phenoxy) is 1. The van der Waals surface area contributed by atoms with E-state index in [1.54, 1.807) is 36.4 Å². The van der Waals surface area contributed by atoms with Gasteiger partial charge < -0.3 is 21.9 Å². The zero-order chi connectivity index (χ0) is 20.4. The molecule has 0 saturated carbocycles. The zero-order valence-electron chi connectivity index (χ0n) is 14.9. The van der Waals surface area contributed by atoms with E-state index in [0.717, 1.165) is 0 Å². The molecule has 0 aliphatic carbocycles. The Morgan fingerprint density at radius 1 is 0.889 bits per heavy atom. The molecule has 0 fully saturated rings. The Balaban J connectivity index is 0.000000271. The molecule has 2 aromatic rings. The molecule has 8 heteroatoms. The lowest BCUT2D eigenvalue weighted by molar-refractivity contribution is -0.142. The highest BCUT2D eigenvalue weighted by Crippen LogP contribution is 2.09. The maximum Gasteiger partial charge on any atom is 0.322 e. The molecule has 0 radical (unpaired) electrons. The van der Waals surface area contributed by atoms with Gasteiger partial charge in [-0.25, -0.2) is 8.78 Å². The van der Waals surface area contributed by atoms with Crippen LogP contribution < -0.4 is 17.2 Å². The number of primary amides is 1. The van der Waals surface area contributed by atoms with Gasteiger partial charge in [0, 0.05) is 6.42 Å². The van der Waals surface area contributed by atoms with Crippen molar-refractivity contribution in [1.29, 1.82) is 0 Å². The summed E-state index contributed by atoms with van der Waals surface area (Å²) in [4.78, 5) is 21.5. The topological polar surface area (TPSA) is 121 Å². The van der Waals surface area contributed by atoms with Crippen molar-refractivity contribution in [3.8, 4) is 0 Å². The fourth-order valence-corrected chi connectivity index (χ4v) is 2.14. The van der Waals surface area contributed by atoms with Crippen LogP contribution in [-0.2, 0) is 27.2 Å². The van der Waals surface area contributed by atoms with Crippen LogP contribution in [0.5, 0.6) is 0 Å². The third-order valence-electron chi connectivity index (χ3n) is 3.66. The Hall–Kier alpha value is -2.84. The Bertz CT molecular complexity index is 771. The van der Waals surface area contributed by atoms with Gasteiger partial charge in [0.05, 0.1) is 13.2 Å². The van der Waals surface area contributed by atoms with E-state index in [1.165, 1.54) is 19.2 Å². The molecule has 6 nitrogen and oxygen atoms in total. The van der Waals surface area contributed by atoms with Gasteiger partial charge in [-0.3, -0.25) is 9.59 Å². The average molecular weight is 379 g/mol. The lowest BCUT2D eigenvalue weighted by Gasteiger charge is -2.09. The number of benzene rings is 2. The first kappa shape index (κ1) is 22.2. The predicted molar refractivity (Wildman–Crippen MR) is 97.4 cm³/mol. The Morgan fingerprint density at radius 2 is 1.30 bits per heavy atom. The van der Waals surface area contributed by atoms with E-state index < -0.39 is 24.0 Å². The second-order valence-electron chi connectivity index (χ2n) is 5.73. The molecule has 0 aliphatic rings. The second kappa shape index (κ2) is 11.0. The minimum atomic E-state index is -0.822. The van der Waals surface area contributed by atoms with E-state index in [-0.39, 0.29) is 24.5 Å². The van der Waals surface area contributed by atoms with Crippen molar-refractivity contribution in [3.63, 3.8) is 0 Å². The van der Waals surface area contributed by atoms with Crippen LogP contribution in [0.3, 0.4) is 0 Å². The van der Waals surface area contributed by atoms with Gasteiger partial charge in [-0.05, 0) is 29.7 Å². The number of carbonyl (C=O) groups excluding carboxylic acids is 2. The summed E-state index contributed by atoms with van der Waals surface area (Å²) in [6, 6.07) is 10.7. The molecular weight excluding hydrogens is 356 g/mol. The lowest BCUT2D eigenvalue weighted by Crippen LogP contribution is -2.38. The largest absolute Gasteiger partial charge is 0.468 e. The summed E-state index contributed by atoms with van der Waals surface area (Å²) < 4.78 is 30.6. The van der Waals surface area contributed by atoms with E-state index in [9.17, 15) is 18.4 Å². The van der Waals surface area contributed by atoms with Crippen LogP contribution in [0.4, 0.5) is 8.78 Å². The van der Waals surface area contributed by atoms with E-state index in [1.807, 2.05) is 0 Å². The molecule has 1 amide bonds. The third kappa shape index (κ3) is 7.51. The molecule has 0 bridgehead atoms. The summed E-state index contributed by atoms with van der Waals surface area (Å²) in [5.74, 6) is -1.87. The van der Waals surface area contributed by atoms with E-state index >= 15 is 0 Å². The zero-order valence-corrected chi connectivity index (χ0v) is 14.9. The molecule has 2 rings (SSSR count). The van der Waals surface area contributed by atoms with Crippen molar-refractivity contribution in [3.05, 3.63) is 71.3 Å². The second-order valence-corrected chi connectivity index (χ2v) is 5.73. The number of rotatable bonds is 6. The minimum absolute atomic E-state index is 0.141. The molecule has 146 valence electrons. The number of carbonyl (C=O) groups is 2. The summed E-state index contributed by atoms with van der Waals surface area (Å²) in [5, 5.41) is 0. The summed E-state index contributed by atoms with van der Waals surface area (Å²) in [5.41, 5.74) is 16.6. The number of halogens is 2. The lowest BCUT2D eigenvalue weighted by atomic mass is 10.1. The first-order valence-corrected chi connectivity index (χ1v) is 8.11. The van der Waals surface area contributed by atoms with Gasteiger partial charge in [-0.1, -0.05) is 36.4 Å². The van der Waals surface area contributed by atoms with E-state index in [0.29, 0.717) is 11.1 Å². The molecule has 0 spiro atoms. The first-order valence-electron chi connectivity index (χ1n) is 8.11. The highest BCUT2D eigenvalue weighted by molar-refractivity contribution is 5.79. The molecule has 0 saturated heterocycles. The SMILES string of the molecule is COC(=O)C(N)Cc1ccccc1F.NC(=O)C(N)Cc1ccccc1F. The van der Waals surface area contributed by atoms with Crippen LogP contribution >= 0.6 is 0 Å². The predicted octanol–water partition coefficient (Wildman–Crippen LogP) is 1.05. The third-order valence-corrected chi connectivity index (χ3v) is 3.66. The molecule has 27 heavy (non-hydrogen) atoms. The van der Waals surface area contributed by atoms with Gasteiger partial charge in [0.1, 0.15) is 17.7 Å². The van der Waals surface area contributed by atoms with E-state index in [2.05, 4.69) is 4.74 Å². The number of amides is 1. The highest BCUT2D eigenvalue weighted by atomic mass is 19.1. The first-order chi connectivity index (χ1) is 12.8. The Labute approximate surface area is 156 Å². The number of methoxy groups -OCH3 is 1. The van der Waals surface area contributed by atoms with Crippen molar-refractivity contribution < 1.29 is 23.1 Å². The molecule has 0 heterocycles. The van der Waals surface area contributed by atoms with E-state index in [4.69, 9.17) is 17.2 Å². The minimum Gasteiger partial charge on any atom is -0.468 e. The fraction of sp³-hybridized carbons (Fsp3) is 0.263. The monoisotopic (exact) mass is 379 g/mol. The maximum atomic E-state index is 13.1. The van der Waals surface area contributed by atoms with Gasteiger partial charge in [-0.2, -0.15) is 0 Å². The van der Waals surface area contributed by atoms with Crippen LogP contribution in [-0.4, -0.2) is 31.1 Å². The summed E-state index contributed by atoms with van der Waals surface area (Å²) in [7, 11) is 1.25. The molecule has 0 aliphatic heterocycles. The van der Waals surface area contributed by atoms with Crippen LogP contribution in [0.1, 0.15) is 11.1 Å². The maximum absolute atomic E-state index is 13.1. The van der Waals surface area contributed by atoms with Gasteiger partial charge in [0.25, 0.3) is 0 Å². The van der Waals surface area contributed by atoms with Crippen LogP contribution in [0, 0.1) is 11.6 Å². The number of hydrogen-bond donors (Lipinski definition) is 3. The number of esters is 1. The molecular formula is C19H23F2N3O3. The molecule has 2 unspecified atom stereocenters. The quantitative estimate of drug-likeness (QED) is 0.648. The van der Waals surface area contributed by atoms with Gasteiger partial charge in [-0.15, -0.1) is 0 Å². The number of hydrogen-bond acceptors (Lipinski definition) is 5. The van der Waals surface area contributed by atoms with Crippen molar-refractivity contribution >= 4 is 11.9 Å². The van der Waals surface area contributed by atoms with Crippen LogP contribution in [0.2, 0.25) is 0 Å². The standard InChI is InChI=1S/C10H12FNO2.C9H11FN2O/c1-14-10(13)9(12)6-7-4-2-3-5-8(7)11;10-7-4-2-1-3-6(7)5-8(11)9(12)13/h2-5,9H,6,12H2,1H3;1-4,8H,5,11H2,(H2,12,13). The molecule has 2 atom stereocenters. The van der Waals surface area contributed by atoms with Gasteiger partial charge >= 0.3 is 5.97 Å². The van der Waals surface area contributed by atoms with Crippen molar-refractivity contribution in [2.45, 2.75) is 24.9 Å². The Kier molecular flexibility index (Phi) is 9.04. The summed E-state index contributed by atoms with van der Waals surface area (Å²) in [6.07, 6.45) is 0.293. The van der Waals surface area contributed by atoms with Gasteiger partial charge in [0.15, 0.2) is 0 Å². The summed E-state index contributed by atoms with van der Waals surface area (Å²) >= 11 is 0. The fourth-order valence-electron chi connectivity index (χ4n) is 2.14. The van der Waals surface area contributed by atoms with Crippen LogP contribution in [0.25, 0.3) is 0 Å². The van der Waals surface area contributed by atoms with Crippen molar-refractivity contribution in [1.82, 2.24) is 0 Å². The number of nitrogens with two attached hydrogens (primary N) is 3. The van der Waals surface area contributed by atoms with Crippen molar-refractivity contribution in [2.24, 2.45) is 17.2 Å². The average Bonchev–Trinajstić information content (AvgIpc) is 2.65. The normalized spacial score (nSPS) is 12.3. The van der Waals surface area contributed by atoms with Crippen molar-refractivity contribution in [2.75, 3.05) is 7.11 Å². The molecule has 6 N–H and O–H groups in total. The highest BCUT2D eigenvalue weighted by Gasteiger charge is 2.15. The molecule has 0 aromatic heterocycles. The van der Waals surface area contributed by atoms with Crippen LogP contribution in [0.15, 0.2) is 48.5 Å². The molecule has 2 aromatic carbocycles. The smallest absolute Gasteiger partial charge is 0.322 e. The summed E-state index contributed by atoms with van der Waals surface area (Å²) in [6.45, 7) is 0. The van der Waals surface area contributed by atoms with Gasteiger partial charge in [0.2, 0.25) is 5.91 Å².